The van der Waals surface area contributed by atoms with Crippen LogP contribution in [0.2, 0.25) is 5.02 Å². The molecule has 6 heteroatoms. The third-order valence-corrected chi connectivity index (χ3v) is 3.02. The van der Waals surface area contributed by atoms with Crippen LogP contribution in [0.25, 0.3) is 0 Å². The van der Waals surface area contributed by atoms with E-state index in [1.807, 2.05) is 6.92 Å². The highest BCUT2D eigenvalue weighted by Gasteiger charge is 2.14. The van der Waals surface area contributed by atoms with Crippen molar-refractivity contribution < 1.29 is 14.3 Å². The van der Waals surface area contributed by atoms with Crippen molar-refractivity contribution in [2.24, 2.45) is 0 Å². The average Bonchev–Trinajstić information content (AvgIpc) is 2.46. The van der Waals surface area contributed by atoms with Gasteiger partial charge in [-0.05, 0) is 37.6 Å². The van der Waals surface area contributed by atoms with Gasteiger partial charge in [0.2, 0.25) is 0 Å². The van der Waals surface area contributed by atoms with E-state index in [9.17, 15) is 9.59 Å². The zero-order chi connectivity index (χ0) is 15.7. The zero-order valence-corrected chi connectivity index (χ0v) is 13.2. The Labute approximate surface area is 130 Å². The maximum absolute atomic E-state index is 12.2. The maximum atomic E-state index is 12.2. The van der Waals surface area contributed by atoms with Crippen LogP contribution in [0, 0.1) is 0 Å². The molecule has 0 bridgehead atoms. The summed E-state index contributed by atoms with van der Waals surface area (Å²) >= 11 is 5.80. The van der Waals surface area contributed by atoms with Crippen molar-refractivity contribution in [1.29, 1.82) is 0 Å². The van der Waals surface area contributed by atoms with Crippen molar-refractivity contribution in [1.82, 2.24) is 4.90 Å². The molecular formula is C15H21ClN2O3. The number of carbonyl (C=O) groups is 2. The number of rotatable bonds is 7. The fourth-order valence-corrected chi connectivity index (χ4v) is 1.91. The molecule has 0 spiro atoms. The Morgan fingerprint density at radius 2 is 1.86 bits per heavy atom. The Morgan fingerprint density at radius 3 is 2.43 bits per heavy atom. The molecule has 2 amide bonds. The van der Waals surface area contributed by atoms with Crippen LogP contribution in [0.1, 0.15) is 26.7 Å². The SMILES string of the molecule is CCCN(CCC(=O)OCC)C(=O)Nc1ccc(Cl)cc1. The summed E-state index contributed by atoms with van der Waals surface area (Å²) in [5.74, 6) is -0.294. The normalized spacial score (nSPS) is 10.0. The summed E-state index contributed by atoms with van der Waals surface area (Å²) < 4.78 is 4.87. The Balaban J connectivity index is 2.55. The van der Waals surface area contributed by atoms with Crippen molar-refractivity contribution in [2.45, 2.75) is 26.7 Å². The van der Waals surface area contributed by atoms with Crippen LogP contribution in [-0.2, 0) is 9.53 Å². The number of carbonyl (C=O) groups excluding carboxylic acids is 2. The quantitative estimate of drug-likeness (QED) is 0.783. The van der Waals surface area contributed by atoms with E-state index in [4.69, 9.17) is 16.3 Å². The smallest absolute Gasteiger partial charge is 0.321 e. The fourth-order valence-electron chi connectivity index (χ4n) is 1.78. The third kappa shape index (κ3) is 6.49. The molecule has 0 aliphatic carbocycles. The van der Waals surface area contributed by atoms with Crippen LogP contribution in [-0.4, -0.2) is 36.6 Å². The molecule has 1 aromatic carbocycles. The molecule has 0 radical (unpaired) electrons. The fraction of sp³-hybridized carbons (Fsp3) is 0.467. The molecule has 0 aliphatic rings. The van der Waals surface area contributed by atoms with E-state index in [0.29, 0.717) is 30.4 Å². The molecule has 21 heavy (non-hydrogen) atoms. The summed E-state index contributed by atoms with van der Waals surface area (Å²) in [6.07, 6.45) is 1.01. The van der Waals surface area contributed by atoms with Gasteiger partial charge in [-0.15, -0.1) is 0 Å². The second kappa shape index (κ2) is 9.23. The number of halogens is 1. The number of benzene rings is 1. The minimum absolute atomic E-state index is 0.196. The first-order valence-corrected chi connectivity index (χ1v) is 7.41. The summed E-state index contributed by atoms with van der Waals surface area (Å²) in [7, 11) is 0. The molecule has 0 unspecified atom stereocenters. The minimum Gasteiger partial charge on any atom is -0.466 e. The summed E-state index contributed by atoms with van der Waals surface area (Å²) in [4.78, 5) is 25.2. The third-order valence-electron chi connectivity index (χ3n) is 2.77. The highest BCUT2D eigenvalue weighted by Crippen LogP contribution is 2.14. The molecule has 0 atom stereocenters. The van der Waals surface area contributed by atoms with Crippen LogP contribution in [0.4, 0.5) is 10.5 Å². The van der Waals surface area contributed by atoms with Gasteiger partial charge in [0.1, 0.15) is 0 Å². The molecule has 116 valence electrons. The number of hydrogen-bond donors (Lipinski definition) is 1. The predicted molar refractivity (Wildman–Crippen MR) is 83.6 cm³/mol. The lowest BCUT2D eigenvalue weighted by Crippen LogP contribution is -2.37. The number of amides is 2. The Kier molecular flexibility index (Phi) is 7.61. The summed E-state index contributed by atoms with van der Waals surface area (Å²) in [5.41, 5.74) is 0.668. The van der Waals surface area contributed by atoms with E-state index in [0.717, 1.165) is 6.42 Å². The van der Waals surface area contributed by atoms with Gasteiger partial charge in [-0.1, -0.05) is 18.5 Å². The number of nitrogens with one attached hydrogen (secondary N) is 1. The molecule has 1 rings (SSSR count). The number of anilines is 1. The van der Waals surface area contributed by atoms with Crippen molar-refractivity contribution in [3.05, 3.63) is 29.3 Å². The van der Waals surface area contributed by atoms with Gasteiger partial charge in [-0.3, -0.25) is 4.79 Å². The van der Waals surface area contributed by atoms with Crippen LogP contribution < -0.4 is 5.32 Å². The number of urea groups is 1. The van der Waals surface area contributed by atoms with Gasteiger partial charge in [0.15, 0.2) is 0 Å². The van der Waals surface area contributed by atoms with Crippen molar-refractivity contribution in [3.63, 3.8) is 0 Å². The molecular weight excluding hydrogens is 292 g/mol. The van der Waals surface area contributed by atoms with E-state index < -0.39 is 0 Å². The van der Waals surface area contributed by atoms with Crippen molar-refractivity contribution >= 4 is 29.3 Å². The first-order chi connectivity index (χ1) is 10.1. The molecule has 0 saturated carbocycles. The second-order valence-corrected chi connectivity index (χ2v) is 4.92. The van der Waals surface area contributed by atoms with E-state index in [2.05, 4.69) is 5.32 Å². The van der Waals surface area contributed by atoms with E-state index in [-0.39, 0.29) is 18.4 Å². The summed E-state index contributed by atoms with van der Waals surface area (Å²) in [6, 6.07) is 6.65. The molecule has 0 fully saturated rings. The van der Waals surface area contributed by atoms with Crippen molar-refractivity contribution in [2.75, 3.05) is 25.0 Å². The van der Waals surface area contributed by atoms with Gasteiger partial charge in [-0.25, -0.2) is 4.79 Å². The van der Waals surface area contributed by atoms with E-state index in [1.165, 1.54) is 0 Å². The van der Waals surface area contributed by atoms with Gasteiger partial charge in [0.25, 0.3) is 0 Å². The Hall–Kier alpha value is -1.75. The molecule has 0 heterocycles. The zero-order valence-electron chi connectivity index (χ0n) is 12.4. The van der Waals surface area contributed by atoms with E-state index >= 15 is 0 Å². The largest absolute Gasteiger partial charge is 0.466 e. The maximum Gasteiger partial charge on any atom is 0.321 e. The number of ether oxygens (including phenoxy) is 1. The van der Waals surface area contributed by atoms with Gasteiger partial charge >= 0.3 is 12.0 Å². The molecule has 1 N–H and O–H groups in total. The first kappa shape index (κ1) is 17.3. The van der Waals surface area contributed by atoms with Gasteiger partial charge in [0.05, 0.1) is 13.0 Å². The molecule has 5 nitrogen and oxygen atoms in total. The second-order valence-electron chi connectivity index (χ2n) is 4.48. The standard InChI is InChI=1S/C15H21ClN2O3/c1-3-10-18(11-9-14(19)21-4-2)15(20)17-13-7-5-12(16)6-8-13/h5-8H,3-4,9-11H2,1-2H3,(H,17,20). The average molecular weight is 313 g/mol. The lowest BCUT2D eigenvalue weighted by Gasteiger charge is -2.22. The summed E-state index contributed by atoms with van der Waals surface area (Å²) in [6.45, 7) is 5.01. The minimum atomic E-state index is -0.294. The first-order valence-electron chi connectivity index (χ1n) is 7.04. The van der Waals surface area contributed by atoms with Crippen LogP contribution in [0.15, 0.2) is 24.3 Å². The van der Waals surface area contributed by atoms with Crippen LogP contribution >= 0.6 is 11.6 Å². The van der Waals surface area contributed by atoms with Crippen LogP contribution in [0.3, 0.4) is 0 Å². The highest BCUT2D eigenvalue weighted by atomic mass is 35.5. The monoisotopic (exact) mass is 312 g/mol. The molecule has 0 aromatic heterocycles. The Morgan fingerprint density at radius 1 is 1.19 bits per heavy atom. The summed E-state index contributed by atoms with van der Waals surface area (Å²) in [5, 5.41) is 3.40. The lowest BCUT2D eigenvalue weighted by molar-refractivity contribution is -0.143. The predicted octanol–water partition coefficient (Wildman–Crippen LogP) is 3.54. The number of esters is 1. The van der Waals surface area contributed by atoms with Gasteiger partial charge < -0.3 is 15.0 Å². The van der Waals surface area contributed by atoms with Gasteiger partial charge in [0, 0.05) is 23.8 Å². The van der Waals surface area contributed by atoms with E-state index in [1.54, 1.807) is 36.1 Å². The number of hydrogen-bond acceptors (Lipinski definition) is 3. The molecule has 0 aliphatic heterocycles. The molecule has 1 aromatic rings. The van der Waals surface area contributed by atoms with Gasteiger partial charge in [-0.2, -0.15) is 0 Å². The number of nitrogens with zero attached hydrogens (tertiary/aromatic N) is 1. The van der Waals surface area contributed by atoms with Crippen molar-refractivity contribution in [3.8, 4) is 0 Å². The molecule has 0 saturated heterocycles. The highest BCUT2D eigenvalue weighted by molar-refractivity contribution is 6.30. The Bertz CT molecular complexity index is 462. The topological polar surface area (TPSA) is 58.6 Å². The lowest BCUT2D eigenvalue weighted by atomic mass is 10.3. The van der Waals surface area contributed by atoms with Crippen LogP contribution in [0.5, 0.6) is 0 Å².